The summed E-state index contributed by atoms with van der Waals surface area (Å²) in [5, 5.41) is 12.6. The molecule has 0 radical (unpaired) electrons. The van der Waals surface area contributed by atoms with Crippen molar-refractivity contribution in [1.82, 2.24) is 40.4 Å². The van der Waals surface area contributed by atoms with Crippen LogP contribution in [0.25, 0.3) is 22.7 Å². The number of aromatic amines is 1. The minimum atomic E-state index is -0.446. The summed E-state index contributed by atoms with van der Waals surface area (Å²) in [6.07, 6.45) is 5.31. The van der Waals surface area contributed by atoms with Crippen molar-refractivity contribution in [3.63, 3.8) is 0 Å². The molecule has 5 aromatic rings. The Balaban J connectivity index is 1.16. The third kappa shape index (κ3) is 4.23. The molecule has 6 rings (SSSR count). The fourth-order valence-corrected chi connectivity index (χ4v) is 4.22. The summed E-state index contributed by atoms with van der Waals surface area (Å²) in [6.45, 7) is 4.02. The second-order valence-corrected chi connectivity index (χ2v) is 9.67. The molecule has 0 aromatic carbocycles. The van der Waals surface area contributed by atoms with E-state index in [4.69, 9.17) is 9.51 Å². The first-order valence-electron chi connectivity index (χ1n) is 11.1. The number of amides is 1. The van der Waals surface area contributed by atoms with E-state index in [1.165, 1.54) is 17.7 Å². The first kappa shape index (κ1) is 21.4. The van der Waals surface area contributed by atoms with Gasteiger partial charge in [0, 0.05) is 34.8 Å². The molecular formula is C23H21N9O2S. The zero-order valence-corrected chi connectivity index (χ0v) is 19.8. The molecule has 176 valence electrons. The Kier molecular flexibility index (Phi) is 5.02. The second kappa shape index (κ2) is 8.24. The van der Waals surface area contributed by atoms with Crippen molar-refractivity contribution in [1.29, 1.82) is 0 Å². The van der Waals surface area contributed by atoms with Crippen LogP contribution in [-0.2, 0) is 5.41 Å². The molecule has 1 fully saturated rings. The van der Waals surface area contributed by atoms with E-state index >= 15 is 0 Å². The molecule has 0 spiro atoms. The maximum Gasteiger partial charge on any atom is 0.270 e. The normalized spacial score (nSPS) is 15.1. The molecular weight excluding hydrogens is 466 g/mol. The van der Waals surface area contributed by atoms with Crippen molar-refractivity contribution in [2.75, 3.05) is 5.32 Å². The Morgan fingerprint density at radius 2 is 2.09 bits per heavy atom. The average molecular weight is 488 g/mol. The Morgan fingerprint density at radius 3 is 2.89 bits per heavy atom. The molecule has 1 aliphatic rings. The number of pyridine rings is 1. The van der Waals surface area contributed by atoms with Crippen molar-refractivity contribution in [2.45, 2.75) is 38.1 Å². The summed E-state index contributed by atoms with van der Waals surface area (Å²) < 4.78 is 5.50. The number of hydrogen-bond acceptors (Lipinski definition) is 10. The maximum atomic E-state index is 12.8. The molecule has 5 heterocycles. The van der Waals surface area contributed by atoms with Crippen LogP contribution in [0.1, 0.15) is 54.7 Å². The zero-order chi connectivity index (χ0) is 24.0. The molecule has 11 nitrogen and oxygen atoms in total. The van der Waals surface area contributed by atoms with Crippen LogP contribution in [0.4, 0.5) is 10.9 Å². The summed E-state index contributed by atoms with van der Waals surface area (Å²) in [7, 11) is 0. The number of H-pyrrole nitrogens is 1. The lowest BCUT2D eigenvalue weighted by molar-refractivity contribution is 0.0928. The van der Waals surface area contributed by atoms with Gasteiger partial charge in [-0.2, -0.15) is 0 Å². The van der Waals surface area contributed by atoms with Crippen LogP contribution in [0.15, 0.2) is 46.7 Å². The Bertz CT molecular complexity index is 1520. The molecule has 1 atom stereocenters. The number of hydrogen-bond donors (Lipinski definition) is 3. The first-order chi connectivity index (χ1) is 17.0. The number of rotatable bonds is 7. The molecule has 3 N–H and O–H groups in total. The topological polar surface area (TPSA) is 147 Å². The molecule has 35 heavy (non-hydrogen) atoms. The summed E-state index contributed by atoms with van der Waals surface area (Å²) in [4.78, 5) is 37.7. The van der Waals surface area contributed by atoms with Gasteiger partial charge in [0.15, 0.2) is 22.4 Å². The smallest absolute Gasteiger partial charge is 0.270 e. The third-order valence-electron chi connectivity index (χ3n) is 6.08. The van der Waals surface area contributed by atoms with Crippen LogP contribution >= 0.6 is 11.3 Å². The highest BCUT2D eigenvalue weighted by atomic mass is 32.1. The van der Waals surface area contributed by atoms with E-state index in [1.807, 2.05) is 17.5 Å². The SMILES string of the molecule is CC(NC(=O)c1cc(Nc2nccs2)ncn1)c1cc(-c2nc3nc(C4(C)CC4)ccc3[nH]2)no1. The van der Waals surface area contributed by atoms with E-state index in [2.05, 4.69) is 47.6 Å². The highest BCUT2D eigenvalue weighted by molar-refractivity contribution is 7.13. The lowest BCUT2D eigenvalue weighted by Gasteiger charge is -2.10. The molecule has 12 heteroatoms. The number of nitrogens with one attached hydrogen (secondary N) is 3. The lowest BCUT2D eigenvalue weighted by atomic mass is 10.1. The van der Waals surface area contributed by atoms with E-state index in [0.29, 0.717) is 33.9 Å². The van der Waals surface area contributed by atoms with Crippen LogP contribution in [-0.4, -0.2) is 41.0 Å². The van der Waals surface area contributed by atoms with Crippen LogP contribution in [0.5, 0.6) is 0 Å². The Labute approximate surface area is 203 Å². The summed E-state index contributed by atoms with van der Waals surface area (Å²) in [5.41, 5.74) is 3.48. The molecule has 1 saturated carbocycles. The number of carbonyl (C=O) groups is 1. The number of nitrogens with zero attached hydrogens (tertiary/aromatic N) is 6. The minimum absolute atomic E-state index is 0.170. The monoisotopic (exact) mass is 487 g/mol. The van der Waals surface area contributed by atoms with Crippen molar-refractivity contribution >= 4 is 39.4 Å². The molecule has 0 aliphatic heterocycles. The van der Waals surface area contributed by atoms with Crippen LogP contribution in [0, 0.1) is 0 Å². The van der Waals surface area contributed by atoms with Gasteiger partial charge in [0.05, 0.1) is 11.6 Å². The van der Waals surface area contributed by atoms with Gasteiger partial charge in [0.25, 0.3) is 5.91 Å². The largest absolute Gasteiger partial charge is 0.358 e. The highest BCUT2D eigenvalue weighted by Gasteiger charge is 2.40. The predicted octanol–water partition coefficient (Wildman–Crippen LogP) is 4.15. The highest BCUT2D eigenvalue weighted by Crippen LogP contribution is 2.46. The maximum absolute atomic E-state index is 12.8. The molecule has 0 saturated heterocycles. The van der Waals surface area contributed by atoms with E-state index in [0.717, 1.165) is 24.1 Å². The van der Waals surface area contributed by atoms with Crippen molar-refractivity contribution < 1.29 is 9.32 Å². The van der Waals surface area contributed by atoms with Gasteiger partial charge >= 0.3 is 0 Å². The van der Waals surface area contributed by atoms with E-state index in [1.54, 1.807) is 25.3 Å². The number of thiazole rings is 1. The molecule has 0 bridgehead atoms. The van der Waals surface area contributed by atoms with Gasteiger partial charge in [-0.15, -0.1) is 11.3 Å². The standard InChI is InChI=1S/C23H21N9O2S/c1-12(27-21(33)15-10-18(26-11-25-15)30-22-24-7-8-35-22)16-9-14(32-34-16)20-28-13-3-4-17(23(2)5-6-23)29-19(13)31-20/h3-4,7-12H,5-6H2,1-2H3,(H,27,33)(H,28,29,31)(H,24,25,26,30). The van der Waals surface area contributed by atoms with Gasteiger partial charge in [0.1, 0.15) is 23.5 Å². The average Bonchev–Trinajstić information content (AvgIpc) is 3.30. The lowest BCUT2D eigenvalue weighted by Crippen LogP contribution is -2.27. The van der Waals surface area contributed by atoms with Crippen molar-refractivity contribution in [3.05, 3.63) is 59.3 Å². The molecule has 1 amide bonds. The van der Waals surface area contributed by atoms with Crippen LogP contribution in [0.3, 0.4) is 0 Å². The number of fused-ring (bicyclic) bond motifs is 1. The zero-order valence-electron chi connectivity index (χ0n) is 18.9. The summed E-state index contributed by atoms with van der Waals surface area (Å²) in [5.74, 6) is 1.16. The first-order valence-corrected chi connectivity index (χ1v) is 12.0. The van der Waals surface area contributed by atoms with E-state index in [-0.39, 0.29) is 17.0 Å². The minimum Gasteiger partial charge on any atom is -0.358 e. The fourth-order valence-electron chi connectivity index (χ4n) is 3.68. The quantitative estimate of drug-likeness (QED) is 0.308. The molecule has 1 aliphatic carbocycles. The number of aromatic nitrogens is 7. The fraction of sp³-hybridized carbons (Fsp3) is 0.261. The van der Waals surface area contributed by atoms with Crippen LogP contribution in [0.2, 0.25) is 0 Å². The summed E-state index contributed by atoms with van der Waals surface area (Å²) in [6, 6.07) is 6.92. The van der Waals surface area contributed by atoms with Gasteiger partial charge in [-0.25, -0.2) is 24.9 Å². The van der Waals surface area contributed by atoms with Crippen LogP contribution < -0.4 is 10.6 Å². The number of imidazole rings is 1. The van der Waals surface area contributed by atoms with Gasteiger partial charge in [-0.05, 0) is 31.9 Å². The molecule has 5 aromatic heterocycles. The Hall–Kier alpha value is -4.19. The molecule has 1 unspecified atom stereocenters. The van der Waals surface area contributed by atoms with E-state index < -0.39 is 6.04 Å². The Morgan fingerprint density at radius 1 is 1.20 bits per heavy atom. The van der Waals surface area contributed by atoms with Crippen molar-refractivity contribution in [2.24, 2.45) is 0 Å². The number of anilines is 2. The van der Waals surface area contributed by atoms with Gasteiger partial charge in [-0.1, -0.05) is 12.1 Å². The van der Waals surface area contributed by atoms with Gasteiger partial charge < -0.3 is 20.1 Å². The van der Waals surface area contributed by atoms with Gasteiger partial charge in [-0.3, -0.25) is 4.79 Å². The third-order valence-corrected chi connectivity index (χ3v) is 6.77. The van der Waals surface area contributed by atoms with Gasteiger partial charge in [0.2, 0.25) is 0 Å². The van der Waals surface area contributed by atoms with Crippen molar-refractivity contribution in [3.8, 4) is 11.5 Å². The summed E-state index contributed by atoms with van der Waals surface area (Å²) >= 11 is 1.43. The predicted molar refractivity (Wildman–Crippen MR) is 129 cm³/mol. The van der Waals surface area contributed by atoms with E-state index in [9.17, 15) is 4.79 Å². The second-order valence-electron chi connectivity index (χ2n) is 8.77. The number of carbonyl (C=O) groups excluding carboxylic acids is 1.